The molecule has 0 saturated carbocycles. The van der Waals surface area contributed by atoms with Crippen molar-refractivity contribution < 1.29 is 9.47 Å². The number of nitrogens with zero attached hydrogens (tertiary/aromatic N) is 1. The molecule has 1 aliphatic rings. The van der Waals surface area contributed by atoms with Crippen molar-refractivity contribution in [2.24, 2.45) is 16.3 Å². The minimum atomic E-state index is 0. The number of hydrogen-bond donors (Lipinski definition) is 2. The van der Waals surface area contributed by atoms with Crippen LogP contribution in [0.2, 0.25) is 0 Å². The molecular formula is C18H30IN3O2. The van der Waals surface area contributed by atoms with Crippen LogP contribution in [0, 0.1) is 11.3 Å². The lowest BCUT2D eigenvalue weighted by Gasteiger charge is -2.38. The number of rotatable bonds is 8. The van der Waals surface area contributed by atoms with Gasteiger partial charge >= 0.3 is 0 Å². The van der Waals surface area contributed by atoms with Gasteiger partial charge in [-0.05, 0) is 11.5 Å². The van der Waals surface area contributed by atoms with Gasteiger partial charge in [-0.25, -0.2) is 0 Å². The second kappa shape index (κ2) is 10.9. The van der Waals surface area contributed by atoms with Gasteiger partial charge in [0.25, 0.3) is 0 Å². The monoisotopic (exact) mass is 447 g/mol. The Hall–Kier alpha value is -0.860. The first kappa shape index (κ1) is 21.2. The first-order chi connectivity index (χ1) is 11.1. The molecule has 0 aromatic heterocycles. The smallest absolute Gasteiger partial charge is 0.191 e. The molecule has 0 spiro atoms. The van der Waals surface area contributed by atoms with Crippen molar-refractivity contribution in [2.45, 2.75) is 20.5 Å². The summed E-state index contributed by atoms with van der Waals surface area (Å²) in [6.07, 6.45) is 0. The Morgan fingerprint density at radius 2 is 2.00 bits per heavy atom. The van der Waals surface area contributed by atoms with Gasteiger partial charge in [0.1, 0.15) is 0 Å². The Kier molecular flexibility index (Phi) is 9.61. The molecule has 2 rings (SSSR count). The molecule has 1 heterocycles. The van der Waals surface area contributed by atoms with Crippen molar-refractivity contribution in [3.63, 3.8) is 0 Å². The van der Waals surface area contributed by atoms with E-state index in [0.29, 0.717) is 12.5 Å². The van der Waals surface area contributed by atoms with E-state index < -0.39 is 0 Å². The van der Waals surface area contributed by atoms with Crippen LogP contribution < -0.4 is 10.6 Å². The summed E-state index contributed by atoms with van der Waals surface area (Å²) in [6, 6.07) is 10.3. The Labute approximate surface area is 162 Å². The summed E-state index contributed by atoms with van der Waals surface area (Å²) in [6.45, 7) is 9.14. The Balaban J connectivity index is 0.00000288. The summed E-state index contributed by atoms with van der Waals surface area (Å²) in [5, 5.41) is 6.72. The molecule has 24 heavy (non-hydrogen) atoms. The van der Waals surface area contributed by atoms with Crippen LogP contribution in [0.3, 0.4) is 0 Å². The third-order valence-corrected chi connectivity index (χ3v) is 3.94. The number of guanidine groups is 1. The molecule has 1 atom stereocenters. The minimum Gasteiger partial charge on any atom is -0.380 e. The highest BCUT2D eigenvalue weighted by Crippen LogP contribution is 2.24. The van der Waals surface area contributed by atoms with Gasteiger partial charge in [0.2, 0.25) is 0 Å². The fourth-order valence-corrected chi connectivity index (χ4v) is 2.35. The summed E-state index contributed by atoms with van der Waals surface area (Å²) in [5.41, 5.74) is 1.45. The van der Waals surface area contributed by atoms with E-state index in [4.69, 9.17) is 9.47 Å². The van der Waals surface area contributed by atoms with Crippen LogP contribution in [0.15, 0.2) is 35.3 Å². The fourth-order valence-electron chi connectivity index (χ4n) is 2.35. The van der Waals surface area contributed by atoms with Crippen LogP contribution >= 0.6 is 24.0 Å². The average Bonchev–Trinajstić information content (AvgIpc) is 2.54. The van der Waals surface area contributed by atoms with E-state index in [9.17, 15) is 0 Å². The number of hydrogen-bond acceptors (Lipinski definition) is 3. The molecule has 1 fully saturated rings. The van der Waals surface area contributed by atoms with E-state index in [1.807, 2.05) is 18.2 Å². The van der Waals surface area contributed by atoms with Crippen LogP contribution in [-0.4, -0.2) is 45.9 Å². The number of aliphatic imine (C=N–C) groups is 1. The lowest BCUT2D eigenvalue weighted by Crippen LogP contribution is -2.51. The summed E-state index contributed by atoms with van der Waals surface area (Å²) in [4.78, 5) is 4.26. The molecule has 0 radical (unpaired) electrons. The topological polar surface area (TPSA) is 54.9 Å². The first-order valence-electron chi connectivity index (χ1n) is 8.25. The fraction of sp³-hybridized carbons (Fsp3) is 0.611. The molecule has 1 aromatic rings. The standard InChI is InChI=1S/C18H29N3O2.HI/c1-15(10-22-11-16-7-5-4-6-8-16)9-20-17(19-3)21-12-18(2)13-23-14-18;/h4-8,15H,9-14H2,1-3H3,(H2,19,20,21);1H. The zero-order chi connectivity index (χ0) is 16.5. The lowest BCUT2D eigenvalue weighted by molar-refractivity contribution is -0.0971. The number of nitrogens with one attached hydrogen (secondary N) is 2. The van der Waals surface area contributed by atoms with Crippen LogP contribution in [0.5, 0.6) is 0 Å². The van der Waals surface area contributed by atoms with Crippen LogP contribution in [0.4, 0.5) is 0 Å². The van der Waals surface area contributed by atoms with E-state index in [1.165, 1.54) is 5.56 Å². The number of benzene rings is 1. The van der Waals surface area contributed by atoms with Crippen LogP contribution in [0.1, 0.15) is 19.4 Å². The maximum Gasteiger partial charge on any atom is 0.191 e. The maximum atomic E-state index is 5.77. The molecule has 136 valence electrons. The molecule has 5 nitrogen and oxygen atoms in total. The Bertz CT molecular complexity index is 492. The van der Waals surface area contributed by atoms with Gasteiger partial charge in [-0.2, -0.15) is 0 Å². The van der Waals surface area contributed by atoms with E-state index in [1.54, 1.807) is 7.05 Å². The average molecular weight is 447 g/mol. The predicted octanol–water partition coefficient (Wildman–Crippen LogP) is 2.66. The van der Waals surface area contributed by atoms with Gasteiger partial charge in [0, 0.05) is 25.6 Å². The molecule has 0 aliphatic carbocycles. The SMILES string of the molecule is CN=C(NCC(C)COCc1ccccc1)NCC1(C)COC1.I. The van der Waals surface area contributed by atoms with E-state index >= 15 is 0 Å². The highest BCUT2D eigenvalue weighted by Gasteiger charge is 2.33. The molecule has 1 saturated heterocycles. The van der Waals surface area contributed by atoms with Crippen LogP contribution in [0.25, 0.3) is 0 Å². The van der Waals surface area contributed by atoms with Crippen molar-refractivity contribution in [1.29, 1.82) is 0 Å². The van der Waals surface area contributed by atoms with Gasteiger partial charge in [-0.3, -0.25) is 4.99 Å². The van der Waals surface area contributed by atoms with Gasteiger partial charge in [0.15, 0.2) is 5.96 Å². The number of ether oxygens (including phenoxy) is 2. The van der Waals surface area contributed by atoms with E-state index in [2.05, 4.69) is 41.6 Å². The highest BCUT2D eigenvalue weighted by molar-refractivity contribution is 14.0. The van der Waals surface area contributed by atoms with Crippen molar-refractivity contribution in [3.05, 3.63) is 35.9 Å². The Morgan fingerprint density at radius 3 is 2.58 bits per heavy atom. The molecule has 6 heteroatoms. The van der Waals surface area contributed by atoms with Crippen molar-refractivity contribution in [2.75, 3.05) is 40.0 Å². The highest BCUT2D eigenvalue weighted by atomic mass is 127. The third-order valence-electron chi connectivity index (χ3n) is 3.94. The maximum absolute atomic E-state index is 5.77. The van der Waals surface area contributed by atoms with Gasteiger partial charge < -0.3 is 20.1 Å². The quantitative estimate of drug-likeness (QED) is 0.366. The molecule has 1 aliphatic heterocycles. The second-order valence-electron chi connectivity index (χ2n) is 6.72. The molecule has 2 N–H and O–H groups in total. The van der Waals surface area contributed by atoms with Crippen molar-refractivity contribution >= 4 is 29.9 Å². The van der Waals surface area contributed by atoms with Crippen molar-refractivity contribution in [3.8, 4) is 0 Å². The normalized spacial score (nSPS) is 17.4. The summed E-state index contributed by atoms with van der Waals surface area (Å²) < 4.78 is 11.0. The van der Waals surface area contributed by atoms with E-state index in [0.717, 1.165) is 38.9 Å². The van der Waals surface area contributed by atoms with Gasteiger partial charge in [-0.1, -0.05) is 44.2 Å². The second-order valence-corrected chi connectivity index (χ2v) is 6.72. The molecule has 0 amide bonds. The lowest BCUT2D eigenvalue weighted by atomic mass is 9.89. The van der Waals surface area contributed by atoms with Crippen LogP contribution in [-0.2, 0) is 16.1 Å². The molecule has 1 aromatic carbocycles. The zero-order valence-electron chi connectivity index (χ0n) is 14.9. The molecule has 0 bridgehead atoms. The molecular weight excluding hydrogens is 417 g/mol. The number of halogens is 1. The van der Waals surface area contributed by atoms with Gasteiger partial charge in [0.05, 0.1) is 26.4 Å². The largest absolute Gasteiger partial charge is 0.380 e. The molecule has 1 unspecified atom stereocenters. The minimum absolute atomic E-state index is 0. The van der Waals surface area contributed by atoms with Gasteiger partial charge in [-0.15, -0.1) is 24.0 Å². The summed E-state index contributed by atoms with van der Waals surface area (Å²) >= 11 is 0. The Morgan fingerprint density at radius 1 is 1.29 bits per heavy atom. The predicted molar refractivity (Wildman–Crippen MR) is 109 cm³/mol. The summed E-state index contributed by atoms with van der Waals surface area (Å²) in [7, 11) is 1.80. The first-order valence-corrected chi connectivity index (χ1v) is 8.25. The third kappa shape index (κ3) is 7.36. The zero-order valence-corrected chi connectivity index (χ0v) is 17.2. The van der Waals surface area contributed by atoms with Crippen molar-refractivity contribution in [1.82, 2.24) is 10.6 Å². The van der Waals surface area contributed by atoms with E-state index in [-0.39, 0.29) is 29.4 Å². The summed E-state index contributed by atoms with van der Waals surface area (Å²) in [5.74, 6) is 1.26.